The molecule has 1 fully saturated rings. The maximum atomic E-state index is 11.9. The van der Waals surface area contributed by atoms with Crippen LogP contribution in [0.15, 0.2) is 0 Å². The van der Waals surface area contributed by atoms with Gasteiger partial charge in [-0.3, -0.25) is 4.18 Å². The summed E-state index contributed by atoms with van der Waals surface area (Å²) in [5.41, 5.74) is -0.513. The van der Waals surface area contributed by atoms with Gasteiger partial charge in [0.2, 0.25) is 0 Å². The van der Waals surface area contributed by atoms with Crippen molar-refractivity contribution < 1.29 is 22.1 Å². The second-order valence-corrected chi connectivity index (χ2v) is 7.26. The SMILES string of the molecule is CC(C)(C)OC(=O)N1CCCC(CCOS(N)(=O)=O)C1. The van der Waals surface area contributed by atoms with Gasteiger partial charge < -0.3 is 9.64 Å². The molecule has 1 unspecified atom stereocenters. The maximum Gasteiger partial charge on any atom is 0.410 e. The minimum atomic E-state index is -3.88. The molecule has 0 spiro atoms. The number of ether oxygens (including phenoxy) is 1. The van der Waals surface area contributed by atoms with Crippen LogP contribution < -0.4 is 5.14 Å². The summed E-state index contributed by atoms with van der Waals surface area (Å²) in [6, 6.07) is 0. The van der Waals surface area contributed by atoms with E-state index in [1.807, 2.05) is 20.8 Å². The molecule has 7 nitrogen and oxygen atoms in total. The fourth-order valence-corrected chi connectivity index (χ4v) is 2.45. The molecule has 20 heavy (non-hydrogen) atoms. The molecule has 1 aliphatic heterocycles. The molecule has 8 heteroatoms. The fraction of sp³-hybridized carbons (Fsp3) is 0.917. The van der Waals surface area contributed by atoms with E-state index in [0.29, 0.717) is 19.5 Å². The maximum absolute atomic E-state index is 11.9. The number of hydrogen-bond donors (Lipinski definition) is 1. The molecule has 1 atom stereocenters. The van der Waals surface area contributed by atoms with Crippen molar-refractivity contribution in [1.82, 2.24) is 4.90 Å². The Kier molecular flexibility index (Phi) is 5.79. The standard InChI is InChI=1S/C12H24N2O5S/c1-12(2,3)19-11(15)14-7-4-5-10(9-14)6-8-18-20(13,16)17/h10H,4-9H2,1-3H3,(H2,13,16,17). The van der Waals surface area contributed by atoms with E-state index in [2.05, 4.69) is 4.18 Å². The van der Waals surface area contributed by atoms with Crippen molar-refractivity contribution in [2.45, 2.75) is 45.6 Å². The Hall–Kier alpha value is -0.860. The Morgan fingerprint density at radius 1 is 1.40 bits per heavy atom. The average Bonchev–Trinajstić information content (AvgIpc) is 2.25. The lowest BCUT2D eigenvalue weighted by Crippen LogP contribution is -2.43. The van der Waals surface area contributed by atoms with Crippen LogP contribution in [0.5, 0.6) is 0 Å². The quantitative estimate of drug-likeness (QED) is 0.842. The van der Waals surface area contributed by atoms with Crippen molar-refractivity contribution in [3.05, 3.63) is 0 Å². The van der Waals surface area contributed by atoms with E-state index in [1.54, 1.807) is 4.90 Å². The number of nitrogens with zero attached hydrogens (tertiary/aromatic N) is 1. The zero-order valence-electron chi connectivity index (χ0n) is 12.3. The first-order valence-electron chi connectivity index (χ1n) is 6.72. The first-order valence-corrected chi connectivity index (χ1v) is 8.19. The van der Waals surface area contributed by atoms with Crippen LogP contribution in [0, 0.1) is 5.92 Å². The highest BCUT2D eigenvalue weighted by Gasteiger charge is 2.27. The minimum absolute atomic E-state index is 0.0473. The molecule has 0 saturated carbocycles. The van der Waals surface area contributed by atoms with E-state index >= 15 is 0 Å². The highest BCUT2D eigenvalue weighted by Crippen LogP contribution is 2.21. The van der Waals surface area contributed by atoms with Gasteiger partial charge in [-0.05, 0) is 46.0 Å². The van der Waals surface area contributed by atoms with Crippen LogP contribution in [-0.2, 0) is 19.2 Å². The normalized spacial score (nSPS) is 20.8. The number of likely N-dealkylation sites (tertiary alicyclic amines) is 1. The highest BCUT2D eigenvalue weighted by molar-refractivity contribution is 7.84. The highest BCUT2D eigenvalue weighted by atomic mass is 32.2. The third-order valence-electron chi connectivity index (χ3n) is 2.94. The smallest absolute Gasteiger partial charge is 0.410 e. The van der Waals surface area contributed by atoms with Crippen LogP contribution in [0.25, 0.3) is 0 Å². The predicted octanol–water partition coefficient (Wildman–Crippen LogP) is 1.24. The average molecular weight is 308 g/mol. The molecule has 1 saturated heterocycles. The summed E-state index contributed by atoms with van der Waals surface area (Å²) in [6.07, 6.45) is 2.04. The lowest BCUT2D eigenvalue weighted by atomic mass is 9.95. The molecule has 0 aromatic rings. The first kappa shape index (κ1) is 17.2. The van der Waals surface area contributed by atoms with Gasteiger partial charge in [0.25, 0.3) is 0 Å². The fourth-order valence-electron chi connectivity index (χ4n) is 2.12. The minimum Gasteiger partial charge on any atom is -0.444 e. The number of piperidine rings is 1. The second kappa shape index (κ2) is 6.73. The number of carbonyl (C=O) groups is 1. The molecule has 1 aliphatic rings. The summed E-state index contributed by atoms with van der Waals surface area (Å²) < 4.78 is 31.2. The Morgan fingerprint density at radius 2 is 2.05 bits per heavy atom. The molecule has 0 bridgehead atoms. The number of hydrogen-bond acceptors (Lipinski definition) is 5. The third kappa shape index (κ3) is 7.06. The molecule has 0 radical (unpaired) electrons. The van der Waals surface area contributed by atoms with E-state index in [9.17, 15) is 13.2 Å². The Bertz CT molecular complexity index is 430. The molecule has 1 amide bonds. The molecule has 2 N–H and O–H groups in total. The predicted molar refractivity (Wildman–Crippen MR) is 74.2 cm³/mol. The van der Waals surface area contributed by atoms with Crippen LogP contribution in [0.3, 0.4) is 0 Å². The van der Waals surface area contributed by atoms with Crippen molar-refractivity contribution in [2.75, 3.05) is 19.7 Å². The van der Waals surface area contributed by atoms with Crippen LogP contribution in [0.1, 0.15) is 40.0 Å². The Labute approximate surface area is 120 Å². The summed E-state index contributed by atoms with van der Waals surface area (Å²) >= 11 is 0. The summed E-state index contributed by atoms with van der Waals surface area (Å²) in [4.78, 5) is 13.6. The molecular formula is C12H24N2O5S. The third-order valence-corrected chi connectivity index (χ3v) is 3.44. The van der Waals surface area contributed by atoms with E-state index in [0.717, 1.165) is 12.8 Å². The van der Waals surface area contributed by atoms with Crippen LogP contribution in [0.2, 0.25) is 0 Å². The first-order chi connectivity index (χ1) is 9.07. The Morgan fingerprint density at radius 3 is 2.60 bits per heavy atom. The van der Waals surface area contributed by atoms with E-state index in [-0.39, 0.29) is 18.6 Å². The number of rotatable bonds is 4. The van der Waals surface area contributed by atoms with Gasteiger partial charge in [0, 0.05) is 13.1 Å². The summed E-state index contributed by atoms with van der Waals surface area (Å²) in [5.74, 6) is 0.206. The van der Waals surface area contributed by atoms with Crippen molar-refractivity contribution in [2.24, 2.45) is 11.1 Å². The van der Waals surface area contributed by atoms with Gasteiger partial charge in [0.05, 0.1) is 6.61 Å². The molecule has 1 rings (SSSR count). The van der Waals surface area contributed by atoms with Gasteiger partial charge in [-0.1, -0.05) is 0 Å². The van der Waals surface area contributed by atoms with Crippen LogP contribution >= 0.6 is 0 Å². The van der Waals surface area contributed by atoms with Gasteiger partial charge in [0.1, 0.15) is 5.60 Å². The van der Waals surface area contributed by atoms with Crippen LogP contribution in [0.4, 0.5) is 4.79 Å². The monoisotopic (exact) mass is 308 g/mol. The van der Waals surface area contributed by atoms with Gasteiger partial charge in [0.15, 0.2) is 0 Å². The lowest BCUT2D eigenvalue weighted by Gasteiger charge is -2.34. The summed E-state index contributed by atoms with van der Waals surface area (Å²) in [5, 5.41) is 4.76. The van der Waals surface area contributed by atoms with Crippen molar-refractivity contribution in [3.63, 3.8) is 0 Å². The van der Waals surface area contributed by atoms with Crippen molar-refractivity contribution in [1.29, 1.82) is 0 Å². The van der Waals surface area contributed by atoms with Gasteiger partial charge in [-0.15, -0.1) is 0 Å². The summed E-state index contributed by atoms with van der Waals surface area (Å²) in [7, 11) is -3.88. The van der Waals surface area contributed by atoms with E-state index in [4.69, 9.17) is 9.88 Å². The van der Waals surface area contributed by atoms with E-state index in [1.165, 1.54) is 0 Å². The lowest BCUT2D eigenvalue weighted by molar-refractivity contribution is 0.0154. The molecule has 0 aliphatic carbocycles. The zero-order chi connectivity index (χ0) is 15.4. The number of nitrogens with two attached hydrogens (primary N) is 1. The van der Waals surface area contributed by atoms with Gasteiger partial charge >= 0.3 is 16.4 Å². The molecular weight excluding hydrogens is 284 g/mol. The van der Waals surface area contributed by atoms with Gasteiger partial charge in [-0.25, -0.2) is 9.93 Å². The van der Waals surface area contributed by atoms with Crippen LogP contribution in [-0.4, -0.2) is 44.7 Å². The molecule has 1 heterocycles. The number of amides is 1. The molecule has 0 aromatic heterocycles. The van der Waals surface area contributed by atoms with E-state index < -0.39 is 15.9 Å². The number of carbonyl (C=O) groups excluding carboxylic acids is 1. The molecule has 0 aromatic carbocycles. The second-order valence-electron chi connectivity index (χ2n) is 6.04. The topological polar surface area (TPSA) is 98.9 Å². The van der Waals surface area contributed by atoms with Crippen molar-refractivity contribution >= 4 is 16.4 Å². The van der Waals surface area contributed by atoms with Gasteiger partial charge in [-0.2, -0.15) is 8.42 Å². The largest absolute Gasteiger partial charge is 0.444 e. The Balaban J connectivity index is 2.40. The summed E-state index contributed by atoms with van der Waals surface area (Å²) in [6.45, 7) is 6.75. The van der Waals surface area contributed by atoms with Crippen molar-refractivity contribution in [3.8, 4) is 0 Å². The molecule has 118 valence electrons. The zero-order valence-corrected chi connectivity index (χ0v) is 13.1.